The number of rotatable bonds is 6. The molecule has 0 aliphatic heterocycles. The van der Waals surface area contributed by atoms with E-state index in [2.05, 4.69) is 10.3 Å². The highest BCUT2D eigenvalue weighted by molar-refractivity contribution is 5.91. The molecule has 0 spiro atoms. The molecule has 0 fully saturated rings. The van der Waals surface area contributed by atoms with Gasteiger partial charge in [0.05, 0.1) is 23.5 Å². The molecule has 2 rings (SSSR count). The van der Waals surface area contributed by atoms with E-state index in [4.69, 9.17) is 10.5 Å². The van der Waals surface area contributed by atoms with Gasteiger partial charge >= 0.3 is 5.97 Å². The predicted octanol–water partition coefficient (Wildman–Crippen LogP) is 2.50. The van der Waals surface area contributed by atoms with Crippen molar-refractivity contribution in [2.24, 2.45) is 0 Å². The van der Waals surface area contributed by atoms with E-state index in [-0.39, 0.29) is 5.97 Å². The zero-order valence-electron chi connectivity index (χ0n) is 12.0. The quantitative estimate of drug-likeness (QED) is 0.630. The van der Waals surface area contributed by atoms with Gasteiger partial charge in [-0.3, -0.25) is 4.98 Å². The number of pyridine rings is 1. The first kappa shape index (κ1) is 14.8. The van der Waals surface area contributed by atoms with Crippen LogP contribution in [0.4, 0.5) is 11.4 Å². The van der Waals surface area contributed by atoms with E-state index in [1.165, 1.54) is 0 Å². The van der Waals surface area contributed by atoms with E-state index in [0.717, 1.165) is 24.2 Å². The molecule has 0 radical (unpaired) electrons. The number of nitrogen functional groups attached to an aromatic ring is 1. The highest BCUT2D eigenvalue weighted by Gasteiger charge is 2.08. The molecular weight excluding hydrogens is 266 g/mol. The molecular formula is C16H19N3O2. The number of hydrogen-bond donors (Lipinski definition) is 2. The number of hydrogen-bond acceptors (Lipinski definition) is 5. The number of nitrogens with zero attached hydrogens (tertiary/aromatic N) is 1. The van der Waals surface area contributed by atoms with Crippen LogP contribution in [0.3, 0.4) is 0 Å². The predicted molar refractivity (Wildman–Crippen MR) is 83.2 cm³/mol. The van der Waals surface area contributed by atoms with E-state index in [9.17, 15) is 4.79 Å². The average Bonchev–Trinajstić information content (AvgIpc) is 2.50. The van der Waals surface area contributed by atoms with Crippen LogP contribution in [-0.4, -0.2) is 24.1 Å². The Hall–Kier alpha value is -2.56. The van der Waals surface area contributed by atoms with E-state index in [0.29, 0.717) is 17.9 Å². The Morgan fingerprint density at radius 2 is 2.24 bits per heavy atom. The number of nitrogens with one attached hydrogen (secondary N) is 1. The number of carbonyl (C=O) groups is 1. The molecule has 0 atom stereocenters. The second-order valence-electron chi connectivity index (χ2n) is 4.56. The molecule has 110 valence electrons. The van der Waals surface area contributed by atoms with Crippen LogP contribution in [0.2, 0.25) is 0 Å². The van der Waals surface area contributed by atoms with Crippen LogP contribution in [0.25, 0.3) is 0 Å². The molecule has 0 unspecified atom stereocenters. The fraction of sp³-hybridized carbons (Fsp3) is 0.250. The summed E-state index contributed by atoms with van der Waals surface area (Å²) in [5.74, 6) is -0.355. The smallest absolute Gasteiger partial charge is 0.338 e. The third kappa shape index (κ3) is 4.21. The second-order valence-corrected chi connectivity index (χ2v) is 4.56. The van der Waals surface area contributed by atoms with Crippen LogP contribution in [0.1, 0.15) is 22.8 Å². The van der Waals surface area contributed by atoms with Gasteiger partial charge in [0.25, 0.3) is 0 Å². The summed E-state index contributed by atoms with van der Waals surface area (Å²) >= 11 is 0. The van der Waals surface area contributed by atoms with E-state index < -0.39 is 0 Å². The Morgan fingerprint density at radius 1 is 1.38 bits per heavy atom. The topological polar surface area (TPSA) is 77.2 Å². The molecule has 0 bridgehead atoms. The van der Waals surface area contributed by atoms with Crippen molar-refractivity contribution in [3.05, 3.63) is 53.9 Å². The molecule has 0 saturated carbocycles. The molecule has 1 heterocycles. The minimum absolute atomic E-state index is 0.351. The minimum Gasteiger partial charge on any atom is -0.462 e. The first-order valence-electron chi connectivity index (χ1n) is 6.90. The van der Waals surface area contributed by atoms with Crippen LogP contribution in [0.15, 0.2) is 42.7 Å². The van der Waals surface area contributed by atoms with Crippen molar-refractivity contribution in [1.29, 1.82) is 0 Å². The molecule has 3 N–H and O–H groups in total. The van der Waals surface area contributed by atoms with Crippen molar-refractivity contribution >= 4 is 17.3 Å². The van der Waals surface area contributed by atoms with Crippen LogP contribution < -0.4 is 11.1 Å². The molecule has 0 aliphatic carbocycles. The van der Waals surface area contributed by atoms with Crippen molar-refractivity contribution in [2.75, 3.05) is 24.2 Å². The molecule has 0 amide bonds. The molecule has 0 saturated heterocycles. The summed E-state index contributed by atoms with van der Waals surface area (Å²) in [7, 11) is 0. The first-order valence-corrected chi connectivity index (χ1v) is 6.90. The Balaban J connectivity index is 1.93. The summed E-state index contributed by atoms with van der Waals surface area (Å²) in [6.45, 7) is 2.87. The van der Waals surface area contributed by atoms with Gasteiger partial charge in [-0.2, -0.15) is 0 Å². The Kier molecular flexibility index (Phi) is 5.15. The van der Waals surface area contributed by atoms with Crippen LogP contribution in [0.5, 0.6) is 0 Å². The van der Waals surface area contributed by atoms with Gasteiger partial charge in [-0.25, -0.2) is 4.79 Å². The average molecular weight is 285 g/mol. The van der Waals surface area contributed by atoms with Gasteiger partial charge in [0.2, 0.25) is 0 Å². The molecule has 2 aromatic rings. The standard InChI is InChI=1S/C16H19N3O2/c1-2-21-16(20)13-5-6-15(14(17)10-13)19-9-7-12-4-3-8-18-11-12/h3-6,8,10-11,19H,2,7,9,17H2,1H3. The number of esters is 1. The lowest BCUT2D eigenvalue weighted by molar-refractivity contribution is 0.0526. The van der Waals surface area contributed by atoms with Crippen LogP contribution in [-0.2, 0) is 11.2 Å². The summed E-state index contributed by atoms with van der Waals surface area (Å²) in [6.07, 6.45) is 4.45. The summed E-state index contributed by atoms with van der Waals surface area (Å²) < 4.78 is 4.94. The van der Waals surface area contributed by atoms with Gasteiger partial charge in [0.1, 0.15) is 0 Å². The van der Waals surface area contributed by atoms with Gasteiger partial charge < -0.3 is 15.8 Å². The second kappa shape index (κ2) is 7.28. The van der Waals surface area contributed by atoms with Gasteiger partial charge in [-0.1, -0.05) is 6.07 Å². The Bertz CT molecular complexity index is 600. The number of anilines is 2. The lowest BCUT2D eigenvalue weighted by Crippen LogP contribution is -2.09. The van der Waals surface area contributed by atoms with Gasteiger partial charge in [0, 0.05) is 18.9 Å². The molecule has 1 aromatic carbocycles. The summed E-state index contributed by atoms with van der Waals surface area (Å²) in [4.78, 5) is 15.7. The van der Waals surface area contributed by atoms with E-state index in [1.807, 2.05) is 18.3 Å². The van der Waals surface area contributed by atoms with Crippen molar-refractivity contribution in [1.82, 2.24) is 4.98 Å². The normalized spacial score (nSPS) is 10.1. The Labute approximate surface area is 124 Å². The van der Waals surface area contributed by atoms with Crippen molar-refractivity contribution in [2.45, 2.75) is 13.3 Å². The monoisotopic (exact) mass is 285 g/mol. The molecule has 21 heavy (non-hydrogen) atoms. The molecule has 5 heteroatoms. The van der Waals surface area contributed by atoms with Crippen LogP contribution >= 0.6 is 0 Å². The number of ether oxygens (including phenoxy) is 1. The van der Waals surface area contributed by atoms with Gasteiger partial charge in [-0.05, 0) is 43.2 Å². The van der Waals surface area contributed by atoms with Crippen molar-refractivity contribution < 1.29 is 9.53 Å². The number of benzene rings is 1. The molecule has 5 nitrogen and oxygen atoms in total. The lowest BCUT2D eigenvalue weighted by atomic mass is 10.1. The number of nitrogens with two attached hydrogens (primary N) is 1. The van der Waals surface area contributed by atoms with Gasteiger partial charge in [-0.15, -0.1) is 0 Å². The van der Waals surface area contributed by atoms with E-state index in [1.54, 1.807) is 31.3 Å². The third-order valence-corrected chi connectivity index (χ3v) is 3.01. The number of aromatic nitrogens is 1. The maximum absolute atomic E-state index is 11.6. The summed E-state index contributed by atoms with van der Waals surface area (Å²) in [6, 6.07) is 9.08. The largest absolute Gasteiger partial charge is 0.462 e. The zero-order valence-corrected chi connectivity index (χ0v) is 12.0. The Morgan fingerprint density at radius 3 is 2.90 bits per heavy atom. The van der Waals surface area contributed by atoms with Crippen molar-refractivity contribution in [3.8, 4) is 0 Å². The first-order chi connectivity index (χ1) is 10.2. The zero-order chi connectivity index (χ0) is 15.1. The highest BCUT2D eigenvalue weighted by Crippen LogP contribution is 2.20. The van der Waals surface area contributed by atoms with Crippen molar-refractivity contribution in [3.63, 3.8) is 0 Å². The SMILES string of the molecule is CCOC(=O)c1ccc(NCCc2cccnc2)c(N)c1. The fourth-order valence-electron chi connectivity index (χ4n) is 1.95. The minimum atomic E-state index is -0.355. The lowest BCUT2D eigenvalue weighted by Gasteiger charge is -2.10. The number of carbonyl (C=O) groups excluding carboxylic acids is 1. The summed E-state index contributed by atoms with van der Waals surface area (Å²) in [5, 5.41) is 3.25. The molecule has 1 aromatic heterocycles. The third-order valence-electron chi connectivity index (χ3n) is 3.01. The highest BCUT2D eigenvalue weighted by atomic mass is 16.5. The fourth-order valence-corrected chi connectivity index (χ4v) is 1.95. The van der Waals surface area contributed by atoms with E-state index >= 15 is 0 Å². The van der Waals surface area contributed by atoms with Gasteiger partial charge in [0.15, 0.2) is 0 Å². The summed E-state index contributed by atoms with van der Waals surface area (Å²) in [5.41, 5.74) is 8.92. The van der Waals surface area contributed by atoms with Crippen LogP contribution in [0, 0.1) is 0 Å². The maximum atomic E-state index is 11.6. The molecule has 0 aliphatic rings. The maximum Gasteiger partial charge on any atom is 0.338 e.